The van der Waals surface area contributed by atoms with Gasteiger partial charge in [-0.05, 0) is 31.2 Å². The molecular formula is C13H10BrNO2. The van der Waals surface area contributed by atoms with Crippen LogP contribution in [0.5, 0.6) is 0 Å². The maximum Gasteiger partial charge on any atom is 0.259 e. The number of hydrogen-bond donors (Lipinski definition) is 1. The highest BCUT2D eigenvalue weighted by Crippen LogP contribution is 2.14. The van der Waals surface area contributed by atoms with Gasteiger partial charge in [-0.25, -0.2) is 0 Å². The van der Waals surface area contributed by atoms with Gasteiger partial charge in [0, 0.05) is 15.7 Å². The molecule has 1 heterocycles. The highest BCUT2D eigenvalue weighted by atomic mass is 79.9. The zero-order chi connectivity index (χ0) is 12.4. The Hall–Kier alpha value is -1.68. The van der Waals surface area contributed by atoms with Gasteiger partial charge in [-0.3, -0.25) is 9.59 Å². The normalized spacial score (nSPS) is 10.2. The fourth-order valence-electron chi connectivity index (χ4n) is 1.54. The molecular weight excluding hydrogens is 282 g/mol. The van der Waals surface area contributed by atoms with Crippen LogP contribution in [0.1, 0.15) is 21.6 Å². The Bertz CT molecular complexity index is 631. The maximum atomic E-state index is 12.1. The van der Waals surface area contributed by atoms with Crippen LogP contribution in [0.2, 0.25) is 0 Å². The van der Waals surface area contributed by atoms with Crippen molar-refractivity contribution in [3.63, 3.8) is 0 Å². The lowest BCUT2D eigenvalue weighted by Crippen LogP contribution is -2.18. The SMILES string of the molecule is Cc1ccc(C(=O)c2cccc(Br)c2)c(=O)[nH]1. The summed E-state index contributed by atoms with van der Waals surface area (Å²) in [6.07, 6.45) is 0. The van der Waals surface area contributed by atoms with Crippen molar-refractivity contribution >= 4 is 21.7 Å². The second-order valence-corrected chi connectivity index (χ2v) is 4.64. The molecule has 1 N–H and O–H groups in total. The monoisotopic (exact) mass is 291 g/mol. The second kappa shape index (κ2) is 4.67. The van der Waals surface area contributed by atoms with Crippen LogP contribution >= 0.6 is 15.9 Å². The molecule has 2 rings (SSSR count). The number of halogens is 1. The Kier molecular flexibility index (Phi) is 3.24. The van der Waals surface area contributed by atoms with Gasteiger partial charge in [-0.2, -0.15) is 0 Å². The van der Waals surface area contributed by atoms with Crippen LogP contribution in [-0.4, -0.2) is 10.8 Å². The van der Waals surface area contributed by atoms with Gasteiger partial charge in [-0.1, -0.05) is 28.1 Å². The molecule has 4 heteroatoms. The highest BCUT2D eigenvalue weighted by molar-refractivity contribution is 9.10. The quantitative estimate of drug-likeness (QED) is 0.865. The number of H-pyrrole nitrogens is 1. The van der Waals surface area contributed by atoms with E-state index in [1.54, 1.807) is 37.3 Å². The van der Waals surface area contributed by atoms with Crippen LogP contribution in [-0.2, 0) is 0 Å². The summed E-state index contributed by atoms with van der Waals surface area (Å²) in [4.78, 5) is 26.4. The molecule has 0 saturated heterocycles. The van der Waals surface area contributed by atoms with Gasteiger partial charge in [0.15, 0.2) is 5.78 Å². The number of carbonyl (C=O) groups excluding carboxylic acids is 1. The predicted octanol–water partition coefficient (Wildman–Crippen LogP) is 2.68. The van der Waals surface area contributed by atoms with E-state index in [9.17, 15) is 9.59 Å². The maximum absolute atomic E-state index is 12.1. The first-order valence-corrected chi connectivity index (χ1v) is 5.87. The van der Waals surface area contributed by atoms with Crippen LogP contribution in [0.15, 0.2) is 45.7 Å². The van der Waals surface area contributed by atoms with E-state index in [1.165, 1.54) is 0 Å². The lowest BCUT2D eigenvalue weighted by Gasteiger charge is -2.01. The number of pyridine rings is 1. The summed E-state index contributed by atoms with van der Waals surface area (Å²) in [6, 6.07) is 10.2. The standard InChI is InChI=1S/C13H10BrNO2/c1-8-5-6-11(13(17)15-8)12(16)9-3-2-4-10(14)7-9/h2-7H,1H3,(H,15,17). The summed E-state index contributed by atoms with van der Waals surface area (Å²) < 4.78 is 0.812. The number of ketones is 1. The van der Waals surface area contributed by atoms with Crippen molar-refractivity contribution in [2.75, 3.05) is 0 Å². The van der Waals surface area contributed by atoms with E-state index in [4.69, 9.17) is 0 Å². The summed E-state index contributed by atoms with van der Waals surface area (Å²) >= 11 is 3.29. The Morgan fingerprint density at radius 1 is 1.24 bits per heavy atom. The molecule has 0 fully saturated rings. The first-order chi connectivity index (χ1) is 8.08. The van der Waals surface area contributed by atoms with E-state index in [-0.39, 0.29) is 16.9 Å². The fraction of sp³-hybridized carbons (Fsp3) is 0.0769. The average molecular weight is 292 g/mol. The van der Waals surface area contributed by atoms with Gasteiger partial charge in [0.25, 0.3) is 5.56 Å². The van der Waals surface area contributed by atoms with E-state index >= 15 is 0 Å². The zero-order valence-corrected chi connectivity index (χ0v) is 10.7. The number of aryl methyl sites for hydroxylation is 1. The minimum Gasteiger partial charge on any atom is -0.326 e. The van der Waals surface area contributed by atoms with Crippen LogP contribution in [0.25, 0.3) is 0 Å². The fourth-order valence-corrected chi connectivity index (χ4v) is 1.94. The van der Waals surface area contributed by atoms with E-state index in [1.807, 2.05) is 6.07 Å². The zero-order valence-electron chi connectivity index (χ0n) is 9.16. The van der Waals surface area contributed by atoms with Crippen molar-refractivity contribution in [2.45, 2.75) is 6.92 Å². The van der Waals surface area contributed by atoms with Gasteiger partial charge >= 0.3 is 0 Å². The summed E-state index contributed by atoms with van der Waals surface area (Å²) in [5.74, 6) is -0.271. The molecule has 86 valence electrons. The molecule has 0 atom stereocenters. The topological polar surface area (TPSA) is 49.9 Å². The number of carbonyl (C=O) groups is 1. The van der Waals surface area contributed by atoms with Crippen LogP contribution < -0.4 is 5.56 Å². The van der Waals surface area contributed by atoms with Crippen molar-refractivity contribution in [2.24, 2.45) is 0 Å². The summed E-state index contributed by atoms with van der Waals surface area (Å²) in [5, 5.41) is 0. The molecule has 2 aromatic rings. The summed E-state index contributed by atoms with van der Waals surface area (Å²) in [7, 11) is 0. The highest BCUT2D eigenvalue weighted by Gasteiger charge is 2.12. The van der Waals surface area contributed by atoms with Crippen molar-refractivity contribution in [3.05, 3.63) is 68.0 Å². The third kappa shape index (κ3) is 2.53. The van der Waals surface area contributed by atoms with Gasteiger partial charge < -0.3 is 4.98 Å². The van der Waals surface area contributed by atoms with Gasteiger partial charge in [-0.15, -0.1) is 0 Å². The van der Waals surface area contributed by atoms with E-state index in [0.717, 1.165) is 10.2 Å². The van der Waals surface area contributed by atoms with Crippen molar-refractivity contribution in [1.82, 2.24) is 4.98 Å². The number of aromatic nitrogens is 1. The van der Waals surface area contributed by atoms with Gasteiger partial charge in [0.2, 0.25) is 0 Å². The largest absolute Gasteiger partial charge is 0.326 e. The molecule has 3 nitrogen and oxygen atoms in total. The van der Waals surface area contributed by atoms with Gasteiger partial charge in [0.05, 0.1) is 5.56 Å². The number of benzene rings is 1. The van der Waals surface area contributed by atoms with Crippen molar-refractivity contribution in [1.29, 1.82) is 0 Å². The Labute approximate surface area is 107 Å². The lowest BCUT2D eigenvalue weighted by molar-refractivity contribution is 0.103. The Morgan fingerprint density at radius 2 is 2.00 bits per heavy atom. The van der Waals surface area contributed by atoms with Crippen LogP contribution in [0.4, 0.5) is 0 Å². The third-order valence-electron chi connectivity index (χ3n) is 2.39. The smallest absolute Gasteiger partial charge is 0.259 e. The lowest BCUT2D eigenvalue weighted by atomic mass is 10.0. The molecule has 0 aliphatic heterocycles. The first kappa shape index (κ1) is 11.8. The molecule has 0 bridgehead atoms. The molecule has 0 spiro atoms. The number of aromatic amines is 1. The number of rotatable bonds is 2. The van der Waals surface area contributed by atoms with Crippen molar-refractivity contribution in [3.8, 4) is 0 Å². The first-order valence-electron chi connectivity index (χ1n) is 5.08. The van der Waals surface area contributed by atoms with E-state index in [2.05, 4.69) is 20.9 Å². The molecule has 1 aromatic carbocycles. The predicted molar refractivity (Wildman–Crippen MR) is 69.4 cm³/mol. The van der Waals surface area contributed by atoms with E-state index < -0.39 is 0 Å². The molecule has 0 saturated carbocycles. The van der Waals surface area contributed by atoms with Crippen LogP contribution in [0.3, 0.4) is 0 Å². The minimum absolute atomic E-state index is 0.161. The Morgan fingerprint density at radius 3 is 2.65 bits per heavy atom. The number of hydrogen-bond acceptors (Lipinski definition) is 2. The van der Waals surface area contributed by atoms with Gasteiger partial charge in [0.1, 0.15) is 0 Å². The molecule has 1 aromatic heterocycles. The third-order valence-corrected chi connectivity index (χ3v) is 2.88. The molecule has 0 amide bonds. The molecule has 0 radical (unpaired) electrons. The second-order valence-electron chi connectivity index (χ2n) is 3.72. The molecule has 0 aliphatic rings. The molecule has 0 aliphatic carbocycles. The summed E-state index contributed by atoms with van der Waals surface area (Å²) in [6.45, 7) is 1.77. The summed E-state index contributed by atoms with van der Waals surface area (Å²) in [5.41, 5.74) is 1.04. The molecule has 17 heavy (non-hydrogen) atoms. The van der Waals surface area contributed by atoms with Crippen molar-refractivity contribution < 1.29 is 4.79 Å². The number of nitrogens with one attached hydrogen (secondary N) is 1. The molecule has 0 unspecified atom stereocenters. The minimum atomic E-state index is -0.352. The van der Waals surface area contributed by atoms with Crippen LogP contribution in [0, 0.1) is 6.92 Å². The van der Waals surface area contributed by atoms with E-state index in [0.29, 0.717) is 5.56 Å². The average Bonchev–Trinajstić information content (AvgIpc) is 2.28. The Balaban J connectivity index is 2.48.